The third-order valence-electron chi connectivity index (χ3n) is 2.04. The molecule has 1 N–H and O–H groups in total. The van der Waals surface area contributed by atoms with Gasteiger partial charge in [0.1, 0.15) is 0 Å². The highest BCUT2D eigenvalue weighted by atomic mass is 35.5. The van der Waals surface area contributed by atoms with Crippen LogP contribution in [0, 0.1) is 0 Å². The van der Waals surface area contributed by atoms with Crippen molar-refractivity contribution in [2.75, 3.05) is 23.9 Å². The Morgan fingerprint density at radius 2 is 1.93 bits per heavy atom. The van der Waals surface area contributed by atoms with Gasteiger partial charge in [0.05, 0.1) is 5.75 Å². The molecule has 0 spiro atoms. The zero-order valence-corrected chi connectivity index (χ0v) is 10.5. The standard InChI is InChI=1S/C9H20ClNO2S/c1-3-6-14(12,13)7-5-11-9(4-2)8-10/h9,11H,3-8H2,1-2H3. The molecular formula is C9H20ClNO2S. The second-order valence-corrected chi connectivity index (χ2v) is 5.98. The molecule has 0 aromatic heterocycles. The molecule has 0 aliphatic heterocycles. The average Bonchev–Trinajstić information content (AvgIpc) is 2.12. The van der Waals surface area contributed by atoms with E-state index in [1.54, 1.807) is 0 Å². The van der Waals surface area contributed by atoms with Crippen molar-refractivity contribution in [2.24, 2.45) is 0 Å². The number of hydrogen-bond donors (Lipinski definition) is 1. The molecule has 5 heteroatoms. The van der Waals surface area contributed by atoms with Gasteiger partial charge in [0.2, 0.25) is 0 Å². The zero-order valence-electron chi connectivity index (χ0n) is 8.92. The maximum absolute atomic E-state index is 11.3. The molecule has 0 saturated heterocycles. The summed E-state index contributed by atoms with van der Waals surface area (Å²) in [6, 6.07) is 0.230. The number of halogens is 1. The lowest BCUT2D eigenvalue weighted by atomic mass is 10.3. The fourth-order valence-electron chi connectivity index (χ4n) is 1.14. The second-order valence-electron chi connectivity index (χ2n) is 3.37. The molecule has 0 aliphatic carbocycles. The molecule has 0 saturated carbocycles. The molecule has 0 heterocycles. The van der Waals surface area contributed by atoms with Gasteiger partial charge in [-0.3, -0.25) is 0 Å². The molecule has 0 fully saturated rings. The van der Waals surface area contributed by atoms with Crippen molar-refractivity contribution in [2.45, 2.75) is 32.7 Å². The van der Waals surface area contributed by atoms with Crippen LogP contribution in [-0.4, -0.2) is 38.4 Å². The largest absolute Gasteiger partial charge is 0.312 e. The molecular weight excluding hydrogens is 222 g/mol. The molecule has 0 aromatic rings. The normalized spacial score (nSPS) is 14.2. The third-order valence-corrected chi connectivity index (χ3v) is 4.27. The van der Waals surface area contributed by atoms with Crippen LogP contribution < -0.4 is 5.32 Å². The quantitative estimate of drug-likeness (QED) is 0.654. The predicted molar refractivity (Wildman–Crippen MR) is 61.7 cm³/mol. The van der Waals surface area contributed by atoms with E-state index < -0.39 is 9.84 Å². The lowest BCUT2D eigenvalue weighted by Gasteiger charge is -2.13. The van der Waals surface area contributed by atoms with Gasteiger partial charge in [0.25, 0.3) is 0 Å². The lowest BCUT2D eigenvalue weighted by molar-refractivity contribution is 0.548. The first kappa shape index (κ1) is 14.2. The van der Waals surface area contributed by atoms with Crippen LogP contribution in [-0.2, 0) is 9.84 Å². The average molecular weight is 242 g/mol. The van der Waals surface area contributed by atoms with Crippen LogP contribution in [0.15, 0.2) is 0 Å². The number of rotatable bonds is 8. The van der Waals surface area contributed by atoms with E-state index in [2.05, 4.69) is 5.32 Å². The Hall–Kier alpha value is 0.200. The molecule has 3 nitrogen and oxygen atoms in total. The summed E-state index contributed by atoms with van der Waals surface area (Å²) in [5.41, 5.74) is 0. The Labute approximate surface area is 92.1 Å². The van der Waals surface area contributed by atoms with Gasteiger partial charge < -0.3 is 5.32 Å². The van der Waals surface area contributed by atoms with Crippen LogP contribution in [0.25, 0.3) is 0 Å². The minimum absolute atomic E-state index is 0.216. The molecule has 14 heavy (non-hydrogen) atoms. The van der Waals surface area contributed by atoms with E-state index >= 15 is 0 Å². The summed E-state index contributed by atoms with van der Waals surface area (Å²) in [5, 5.41) is 3.12. The van der Waals surface area contributed by atoms with Crippen molar-refractivity contribution in [3.8, 4) is 0 Å². The summed E-state index contributed by atoms with van der Waals surface area (Å²) in [4.78, 5) is 0. The molecule has 0 aromatic carbocycles. The Kier molecular flexibility index (Phi) is 7.59. The fraction of sp³-hybridized carbons (Fsp3) is 1.00. The van der Waals surface area contributed by atoms with Crippen molar-refractivity contribution in [1.29, 1.82) is 0 Å². The number of nitrogens with one attached hydrogen (secondary N) is 1. The smallest absolute Gasteiger partial charge is 0.151 e. The minimum Gasteiger partial charge on any atom is -0.312 e. The Bertz CT molecular complexity index is 225. The van der Waals surface area contributed by atoms with Gasteiger partial charge in [0, 0.05) is 24.2 Å². The van der Waals surface area contributed by atoms with E-state index in [-0.39, 0.29) is 17.5 Å². The van der Waals surface area contributed by atoms with Crippen molar-refractivity contribution in [3.63, 3.8) is 0 Å². The summed E-state index contributed by atoms with van der Waals surface area (Å²) >= 11 is 5.67. The van der Waals surface area contributed by atoms with Crippen LogP contribution in [0.5, 0.6) is 0 Å². The van der Waals surface area contributed by atoms with Gasteiger partial charge in [-0.25, -0.2) is 8.42 Å². The molecule has 86 valence electrons. The van der Waals surface area contributed by atoms with Crippen molar-refractivity contribution in [1.82, 2.24) is 5.32 Å². The summed E-state index contributed by atoms with van der Waals surface area (Å²) in [7, 11) is -2.85. The first-order chi connectivity index (χ1) is 6.55. The van der Waals surface area contributed by atoms with Crippen molar-refractivity contribution < 1.29 is 8.42 Å². The van der Waals surface area contributed by atoms with Gasteiger partial charge in [-0.2, -0.15) is 0 Å². The topological polar surface area (TPSA) is 46.2 Å². The number of hydrogen-bond acceptors (Lipinski definition) is 3. The zero-order chi connectivity index (χ0) is 11.0. The van der Waals surface area contributed by atoms with Crippen LogP contribution in [0.4, 0.5) is 0 Å². The Morgan fingerprint density at radius 3 is 2.36 bits per heavy atom. The van der Waals surface area contributed by atoms with Gasteiger partial charge in [-0.1, -0.05) is 13.8 Å². The molecule has 0 aliphatic rings. The molecule has 0 radical (unpaired) electrons. The molecule has 0 bridgehead atoms. The third kappa shape index (κ3) is 6.62. The summed E-state index contributed by atoms with van der Waals surface area (Å²) in [6.07, 6.45) is 1.62. The fourth-order valence-corrected chi connectivity index (χ4v) is 2.72. The van der Waals surface area contributed by atoms with E-state index in [0.717, 1.165) is 6.42 Å². The summed E-state index contributed by atoms with van der Waals surface area (Å²) < 4.78 is 22.6. The van der Waals surface area contributed by atoms with Gasteiger partial charge in [-0.15, -0.1) is 11.6 Å². The van der Waals surface area contributed by atoms with Crippen LogP contribution >= 0.6 is 11.6 Å². The van der Waals surface area contributed by atoms with Crippen LogP contribution in [0.3, 0.4) is 0 Å². The minimum atomic E-state index is -2.85. The molecule has 0 amide bonds. The van der Waals surface area contributed by atoms with E-state index in [1.807, 2.05) is 13.8 Å². The SMILES string of the molecule is CCCS(=O)(=O)CCNC(CC)CCl. The molecule has 0 rings (SSSR count). The highest BCUT2D eigenvalue weighted by Gasteiger charge is 2.10. The molecule has 1 atom stereocenters. The van der Waals surface area contributed by atoms with E-state index in [0.29, 0.717) is 18.8 Å². The first-order valence-corrected chi connectivity index (χ1v) is 7.41. The number of alkyl halides is 1. The maximum atomic E-state index is 11.3. The van der Waals surface area contributed by atoms with Gasteiger partial charge in [-0.05, 0) is 12.8 Å². The highest BCUT2D eigenvalue weighted by Crippen LogP contribution is 1.96. The summed E-state index contributed by atoms with van der Waals surface area (Å²) in [5.74, 6) is 1.03. The Balaban J connectivity index is 3.72. The summed E-state index contributed by atoms with van der Waals surface area (Å²) in [6.45, 7) is 4.41. The first-order valence-electron chi connectivity index (χ1n) is 5.05. The number of sulfone groups is 1. The van der Waals surface area contributed by atoms with Gasteiger partial charge in [0.15, 0.2) is 9.84 Å². The van der Waals surface area contributed by atoms with Crippen molar-refractivity contribution >= 4 is 21.4 Å². The monoisotopic (exact) mass is 241 g/mol. The maximum Gasteiger partial charge on any atom is 0.151 e. The van der Waals surface area contributed by atoms with Crippen LogP contribution in [0.2, 0.25) is 0 Å². The van der Waals surface area contributed by atoms with E-state index in [1.165, 1.54) is 0 Å². The highest BCUT2D eigenvalue weighted by molar-refractivity contribution is 7.91. The van der Waals surface area contributed by atoms with E-state index in [4.69, 9.17) is 11.6 Å². The molecule has 1 unspecified atom stereocenters. The van der Waals surface area contributed by atoms with Crippen LogP contribution in [0.1, 0.15) is 26.7 Å². The predicted octanol–water partition coefficient (Wildman–Crippen LogP) is 1.42. The lowest BCUT2D eigenvalue weighted by Crippen LogP contribution is -2.34. The van der Waals surface area contributed by atoms with Gasteiger partial charge >= 0.3 is 0 Å². The Morgan fingerprint density at radius 1 is 1.29 bits per heavy atom. The van der Waals surface area contributed by atoms with Crippen molar-refractivity contribution in [3.05, 3.63) is 0 Å². The second kappa shape index (κ2) is 7.49. The van der Waals surface area contributed by atoms with E-state index in [9.17, 15) is 8.42 Å².